The van der Waals surface area contributed by atoms with E-state index in [1.165, 1.54) is 24.8 Å². The number of methoxy groups -OCH3 is 1. The van der Waals surface area contributed by atoms with E-state index >= 15 is 0 Å². The van der Waals surface area contributed by atoms with E-state index in [1.807, 2.05) is 7.05 Å². The number of benzene rings is 1. The first-order valence-corrected chi connectivity index (χ1v) is 8.31. The molecule has 2 aliphatic rings. The number of aliphatic imine (C=N–C) groups is 1. The molecule has 3 rings (SSSR count). The van der Waals surface area contributed by atoms with Crippen LogP contribution in [0.25, 0.3) is 0 Å². The van der Waals surface area contributed by atoms with Gasteiger partial charge in [0.05, 0.1) is 6.61 Å². The Morgan fingerprint density at radius 1 is 1.36 bits per heavy atom. The van der Waals surface area contributed by atoms with Crippen LogP contribution in [-0.2, 0) is 11.2 Å². The second-order valence-electron chi connectivity index (χ2n) is 6.54. The van der Waals surface area contributed by atoms with Gasteiger partial charge in [0.25, 0.3) is 0 Å². The van der Waals surface area contributed by atoms with Crippen LogP contribution in [0.1, 0.15) is 18.4 Å². The van der Waals surface area contributed by atoms with Gasteiger partial charge in [-0.2, -0.15) is 0 Å². The SMILES string of the molecule is CN=C(NC1CC1Cc1ccccc1)N1CCC(COC)C1. The number of hydrogen-bond acceptors (Lipinski definition) is 2. The molecule has 1 aliphatic heterocycles. The van der Waals surface area contributed by atoms with Crippen molar-refractivity contribution in [2.45, 2.75) is 25.3 Å². The number of rotatable bonds is 5. The van der Waals surface area contributed by atoms with Crippen LogP contribution in [0.2, 0.25) is 0 Å². The number of likely N-dealkylation sites (tertiary alicyclic amines) is 1. The molecule has 120 valence electrons. The first-order valence-electron chi connectivity index (χ1n) is 8.31. The molecule has 2 fully saturated rings. The van der Waals surface area contributed by atoms with Crippen molar-refractivity contribution >= 4 is 5.96 Å². The molecule has 0 amide bonds. The molecular formula is C18H27N3O. The highest BCUT2D eigenvalue weighted by Gasteiger charge is 2.38. The van der Waals surface area contributed by atoms with Gasteiger partial charge in [-0.3, -0.25) is 4.99 Å². The standard InChI is InChI=1S/C18H27N3O/c1-19-18(21-9-8-15(12-21)13-22-2)20-17-11-16(17)10-14-6-4-3-5-7-14/h3-7,15-17H,8-13H2,1-2H3,(H,19,20). The van der Waals surface area contributed by atoms with Gasteiger partial charge in [-0.1, -0.05) is 30.3 Å². The minimum atomic E-state index is 0.584. The fourth-order valence-corrected chi connectivity index (χ4v) is 3.43. The summed E-state index contributed by atoms with van der Waals surface area (Å²) in [5.74, 6) is 2.46. The van der Waals surface area contributed by atoms with E-state index in [0.29, 0.717) is 12.0 Å². The van der Waals surface area contributed by atoms with Gasteiger partial charge in [-0.25, -0.2) is 0 Å². The monoisotopic (exact) mass is 301 g/mol. The second kappa shape index (κ2) is 7.14. The van der Waals surface area contributed by atoms with E-state index in [0.717, 1.165) is 31.6 Å². The molecule has 0 spiro atoms. The molecule has 1 aromatic carbocycles. The molecule has 4 heteroatoms. The Labute approximate surface area is 133 Å². The lowest BCUT2D eigenvalue weighted by molar-refractivity contribution is 0.157. The van der Waals surface area contributed by atoms with Crippen molar-refractivity contribution in [3.8, 4) is 0 Å². The molecule has 22 heavy (non-hydrogen) atoms. The maximum atomic E-state index is 5.28. The van der Waals surface area contributed by atoms with Gasteiger partial charge < -0.3 is 15.0 Å². The molecule has 1 heterocycles. The molecule has 4 nitrogen and oxygen atoms in total. The Balaban J connectivity index is 1.47. The van der Waals surface area contributed by atoms with Crippen LogP contribution in [-0.4, -0.2) is 50.8 Å². The van der Waals surface area contributed by atoms with Crippen molar-refractivity contribution in [2.75, 3.05) is 33.9 Å². The third kappa shape index (κ3) is 3.80. The van der Waals surface area contributed by atoms with Crippen molar-refractivity contribution < 1.29 is 4.74 Å². The van der Waals surface area contributed by atoms with Crippen LogP contribution in [0.4, 0.5) is 0 Å². The van der Waals surface area contributed by atoms with Crippen LogP contribution >= 0.6 is 0 Å². The van der Waals surface area contributed by atoms with Crippen LogP contribution < -0.4 is 5.32 Å². The van der Waals surface area contributed by atoms with Gasteiger partial charge in [0, 0.05) is 39.2 Å². The Morgan fingerprint density at radius 2 is 2.18 bits per heavy atom. The molecule has 1 aromatic rings. The molecule has 3 unspecified atom stereocenters. The summed E-state index contributed by atoms with van der Waals surface area (Å²) in [6.07, 6.45) is 3.62. The van der Waals surface area contributed by atoms with Crippen LogP contribution in [0, 0.1) is 11.8 Å². The maximum absolute atomic E-state index is 5.28. The Morgan fingerprint density at radius 3 is 2.91 bits per heavy atom. The summed E-state index contributed by atoms with van der Waals surface area (Å²) in [5, 5.41) is 3.65. The number of hydrogen-bond donors (Lipinski definition) is 1. The van der Waals surface area contributed by atoms with E-state index in [9.17, 15) is 0 Å². The zero-order valence-electron chi connectivity index (χ0n) is 13.7. The number of ether oxygens (including phenoxy) is 1. The van der Waals surface area contributed by atoms with Crippen LogP contribution in [0.15, 0.2) is 35.3 Å². The first kappa shape index (κ1) is 15.3. The molecule has 1 saturated carbocycles. The molecule has 1 N–H and O–H groups in total. The zero-order valence-corrected chi connectivity index (χ0v) is 13.7. The number of nitrogens with one attached hydrogen (secondary N) is 1. The summed E-state index contributed by atoms with van der Waals surface area (Å²) >= 11 is 0. The Bertz CT molecular complexity index is 502. The quantitative estimate of drug-likeness (QED) is 0.669. The summed E-state index contributed by atoms with van der Waals surface area (Å²) in [6.45, 7) is 3.00. The molecule has 1 aliphatic carbocycles. The van der Waals surface area contributed by atoms with Gasteiger partial charge in [-0.15, -0.1) is 0 Å². The molecular weight excluding hydrogens is 274 g/mol. The van der Waals surface area contributed by atoms with E-state index in [2.05, 4.69) is 45.5 Å². The van der Waals surface area contributed by atoms with E-state index in [-0.39, 0.29) is 0 Å². The summed E-state index contributed by atoms with van der Waals surface area (Å²) in [7, 11) is 3.68. The number of nitrogens with zero attached hydrogens (tertiary/aromatic N) is 2. The number of guanidine groups is 1. The molecule has 3 atom stereocenters. The topological polar surface area (TPSA) is 36.9 Å². The minimum Gasteiger partial charge on any atom is -0.384 e. The Kier molecular flexibility index (Phi) is 4.98. The summed E-state index contributed by atoms with van der Waals surface area (Å²) in [6, 6.07) is 11.4. The second-order valence-corrected chi connectivity index (χ2v) is 6.54. The van der Waals surface area contributed by atoms with E-state index in [4.69, 9.17) is 4.74 Å². The van der Waals surface area contributed by atoms with Crippen LogP contribution in [0.5, 0.6) is 0 Å². The minimum absolute atomic E-state index is 0.584. The van der Waals surface area contributed by atoms with E-state index < -0.39 is 0 Å². The van der Waals surface area contributed by atoms with Gasteiger partial charge in [0.2, 0.25) is 0 Å². The third-order valence-corrected chi connectivity index (χ3v) is 4.78. The predicted molar refractivity (Wildman–Crippen MR) is 90.1 cm³/mol. The van der Waals surface area contributed by atoms with Gasteiger partial charge in [0.1, 0.15) is 0 Å². The smallest absolute Gasteiger partial charge is 0.193 e. The van der Waals surface area contributed by atoms with Gasteiger partial charge in [-0.05, 0) is 30.7 Å². The average molecular weight is 301 g/mol. The summed E-state index contributed by atoms with van der Waals surface area (Å²) in [5.41, 5.74) is 1.44. The van der Waals surface area contributed by atoms with Crippen molar-refractivity contribution in [3.63, 3.8) is 0 Å². The molecule has 0 radical (unpaired) electrons. The fourth-order valence-electron chi connectivity index (χ4n) is 3.43. The van der Waals surface area contributed by atoms with Crippen molar-refractivity contribution in [1.82, 2.24) is 10.2 Å². The fraction of sp³-hybridized carbons (Fsp3) is 0.611. The lowest BCUT2D eigenvalue weighted by atomic mass is 10.1. The van der Waals surface area contributed by atoms with Crippen LogP contribution in [0.3, 0.4) is 0 Å². The molecule has 1 saturated heterocycles. The zero-order chi connectivity index (χ0) is 15.4. The summed E-state index contributed by atoms with van der Waals surface area (Å²) < 4.78 is 5.28. The normalized spacial score (nSPS) is 28.0. The average Bonchev–Trinajstić information content (AvgIpc) is 3.09. The Hall–Kier alpha value is -1.55. The maximum Gasteiger partial charge on any atom is 0.193 e. The molecule has 0 bridgehead atoms. The van der Waals surface area contributed by atoms with Crippen molar-refractivity contribution in [1.29, 1.82) is 0 Å². The lowest BCUT2D eigenvalue weighted by Gasteiger charge is -2.22. The largest absolute Gasteiger partial charge is 0.384 e. The van der Waals surface area contributed by atoms with Crippen molar-refractivity contribution in [3.05, 3.63) is 35.9 Å². The third-order valence-electron chi connectivity index (χ3n) is 4.78. The highest BCUT2D eigenvalue weighted by atomic mass is 16.5. The predicted octanol–water partition coefficient (Wildman–Crippen LogP) is 2.16. The highest BCUT2D eigenvalue weighted by molar-refractivity contribution is 5.80. The molecule has 0 aromatic heterocycles. The lowest BCUT2D eigenvalue weighted by Crippen LogP contribution is -2.41. The van der Waals surface area contributed by atoms with Crippen molar-refractivity contribution in [2.24, 2.45) is 16.8 Å². The van der Waals surface area contributed by atoms with Gasteiger partial charge >= 0.3 is 0 Å². The first-order chi connectivity index (χ1) is 10.8. The van der Waals surface area contributed by atoms with Gasteiger partial charge in [0.15, 0.2) is 5.96 Å². The van der Waals surface area contributed by atoms with E-state index in [1.54, 1.807) is 7.11 Å². The summed E-state index contributed by atoms with van der Waals surface area (Å²) in [4.78, 5) is 6.85. The highest BCUT2D eigenvalue weighted by Crippen LogP contribution is 2.34.